The first-order chi connectivity index (χ1) is 10.7. The average molecular weight is 308 g/mol. The van der Waals surface area contributed by atoms with Crippen LogP contribution in [0, 0.1) is 5.82 Å². The largest absolute Gasteiger partial charge is 0.399 e. The van der Waals surface area contributed by atoms with E-state index in [2.05, 4.69) is 5.32 Å². The SMILES string of the molecule is Nc1ccc(CCCNC(CF)Cc2ccc(F)cc2)cc1.[HH].[HH]. The van der Waals surface area contributed by atoms with Crippen molar-refractivity contribution in [3.05, 3.63) is 65.5 Å². The molecule has 0 aliphatic heterocycles. The lowest BCUT2D eigenvalue weighted by Crippen LogP contribution is -2.34. The van der Waals surface area contributed by atoms with E-state index in [-0.39, 0.29) is 14.7 Å². The van der Waals surface area contributed by atoms with Crippen molar-refractivity contribution in [3.8, 4) is 0 Å². The Morgan fingerprint density at radius 2 is 1.64 bits per heavy atom. The Kier molecular flexibility index (Phi) is 6.34. The Hall–Kier alpha value is -1.94. The number of halogens is 2. The fourth-order valence-corrected chi connectivity index (χ4v) is 2.37. The number of hydrogen-bond donors (Lipinski definition) is 2. The first kappa shape index (κ1) is 16.4. The second kappa shape index (κ2) is 8.49. The molecule has 0 radical (unpaired) electrons. The Bertz CT molecular complexity index is 562. The van der Waals surface area contributed by atoms with Crippen LogP contribution in [-0.2, 0) is 12.8 Å². The van der Waals surface area contributed by atoms with Crippen LogP contribution in [0.25, 0.3) is 0 Å². The molecule has 0 fully saturated rings. The number of alkyl halides is 1. The zero-order chi connectivity index (χ0) is 15.8. The minimum Gasteiger partial charge on any atom is -0.399 e. The van der Waals surface area contributed by atoms with E-state index in [1.54, 1.807) is 12.1 Å². The lowest BCUT2D eigenvalue weighted by molar-refractivity contribution is 0.371. The van der Waals surface area contributed by atoms with Crippen LogP contribution in [0.2, 0.25) is 0 Å². The number of aryl methyl sites for hydroxylation is 1. The van der Waals surface area contributed by atoms with Gasteiger partial charge in [0.1, 0.15) is 12.5 Å². The highest BCUT2D eigenvalue weighted by Gasteiger charge is 2.08. The van der Waals surface area contributed by atoms with Crippen LogP contribution in [0.4, 0.5) is 14.5 Å². The molecule has 0 bridgehead atoms. The summed E-state index contributed by atoms with van der Waals surface area (Å²) in [7, 11) is 0. The molecule has 1 unspecified atom stereocenters. The van der Waals surface area contributed by atoms with E-state index in [1.165, 1.54) is 17.7 Å². The van der Waals surface area contributed by atoms with Gasteiger partial charge in [-0.25, -0.2) is 8.78 Å². The number of nitrogen functional groups attached to an aromatic ring is 1. The summed E-state index contributed by atoms with van der Waals surface area (Å²) in [4.78, 5) is 0. The van der Waals surface area contributed by atoms with Gasteiger partial charge in [0, 0.05) is 14.6 Å². The number of nitrogens with one attached hydrogen (secondary N) is 1. The van der Waals surface area contributed by atoms with Crippen LogP contribution >= 0.6 is 0 Å². The molecule has 2 aromatic carbocycles. The van der Waals surface area contributed by atoms with Gasteiger partial charge in [0.25, 0.3) is 0 Å². The lowest BCUT2D eigenvalue weighted by atomic mass is 10.1. The summed E-state index contributed by atoms with van der Waals surface area (Å²) in [6.45, 7) is 0.319. The minimum atomic E-state index is -0.431. The van der Waals surface area contributed by atoms with Crippen molar-refractivity contribution in [1.29, 1.82) is 0 Å². The Morgan fingerprint density at radius 1 is 1.00 bits per heavy atom. The van der Waals surface area contributed by atoms with E-state index in [9.17, 15) is 8.78 Å². The summed E-state index contributed by atoms with van der Waals surface area (Å²) in [5.74, 6) is -0.267. The maximum atomic E-state index is 13.1. The molecule has 0 heterocycles. The summed E-state index contributed by atoms with van der Waals surface area (Å²) in [5.41, 5.74) is 8.58. The monoisotopic (exact) mass is 308 g/mol. The van der Waals surface area contributed by atoms with Gasteiger partial charge in [-0.15, -0.1) is 0 Å². The molecule has 0 amide bonds. The van der Waals surface area contributed by atoms with Crippen LogP contribution < -0.4 is 11.1 Å². The average Bonchev–Trinajstić information content (AvgIpc) is 2.54. The fourth-order valence-electron chi connectivity index (χ4n) is 2.37. The molecule has 22 heavy (non-hydrogen) atoms. The Balaban J connectivity index is 0.00000264. The molecule has 0 aliphatic carbocycles. The van der Waals surface area contributed by atoms with E-state index in [4.69, 9.17) is 5.73 Å². The van der Waals surface area contributed by atoms with Crippen LogP contribution in [0.5, 0.6) is 0 Å². The van der Waals surface area contributed by atoms with E-state index in [1.807, 2.05) is 24.3 Å². The third-order valence-electron chi connectivity index (χ3n) is 3.64. The summed E-state index contributed by atoms with van der Waals surface area (Å²) < 4.78 is 25.9. The third-order valence-corrected chi connectivity index (χ3v) is 3.64. The molecule has 2 aromatic rings. The molecule has 0 aromatic heterocycles. The van der Waals surface area contributed by atoms with Gasteiger partial charge in [0.05, 0.1) is 0 Å². The quantitative estimate of drug-likeness (QED) is 0.571. The van der Waals surface area contributed by atoms with Gasteiger partial charge >= 0.3 is 0 Å². The van der Waals surface area contributed by atoms with Crippen molar-refractivity contribution in [2.24, 2.45) is 0 Å². The molecule has 0 aliphatic rings. The van der Waals surface area contributed by atoms with Gasteiger partial charge in [-0.3, -0.25) is 0 Å². The number of hydrogen-bond acceptors (Lipinski definition) is 2. The van der Waals surface area contributed by atoms with Gasteiger partial charge in [0.15, 0.2) is 0 Å². The lowest BCUT2D eigenvalue weighted by Gasteiger charge is -2.15. The zero-order valence-corrected chi connectivity index (χ0v) is 12.6. The van der Waals surface area contributed by atoms with E-state index >= 15 is 0 Å². The van der Waals surface area contributed by atoms with Gasteiger partial charge in [0.2, 0.25) is 0 Å². The molecule has 2 rings (SSSR count). The predicted octanol–water partition coefficient (Wildman–Crippen LogP) is 4.00. The molecule has 0 saturated carbocycles. The molecule has 4 heteroatoms. The number of nitrogens with two attached hydrogens (primary N) is 1. The van der Waals surface area contributed by atoms with Crippen LogP contribution in [-0.4, -0.2) is 19.3 Å². The number of benzene rings is 2. The highest BCUT2D eigenvalue weighted by atomic mass is 19.1. The standard InChI is InChI=1S/C18H22F2N2.2H2/c19-13-18(12-15-3-7-16(20)8-4-15)22-11-1-2-14-5-9-17(21)10-6-14;;/h3-10,18,22H,1-2,11-13,21H2;2*1H. The first-order valence-corrected chi connectivity index (χ1v) is 7.55. The maximum Gasteiger partial charge on any atom is 0.123 e. The Labute approximate surface area is 133 Å². The first-order valence-electron chi connectivity index (χ1n) is 7.55. The van der Waals surface area contributed by atoms with Crippen molar-refractivity contribution in [2.45, 2.75) is 25.3 Å². The van der Waals surface area contributed by atoms with Crippen LogP contribution in [0.15, 0.2) is 48.5 Å². The summed E-state index contributed by atoms with van der Waals surface area (Å²) in [6.07, 6.45) is 2.44. The Morgan fingerprint density at radius 3 is 2.27 bits per heavy atom. The number of rotatable bonds is 8. The maximum absolute atomic E-state index is 13.1. The molecule has 3 N–H and O–H groups in total. The molecule has 122 valence electrons. The smallest absolute Gasteiger partial charge is 0.123 e. The molecule has 0 spiro atoms. The predicted molar refractivity (Wildman–Crippen MR) is 91.3 cm³/mol. The fraction of sp³-hybridized carbons (Fsp3) is 0.333. The van der Waals surface area contributed by atoms with Crippen LogP contribution in [0.1, 0.15) is 20.4 Å². The van der Waals surface area contributed by atoms with E-state index in [0.29, 0.717) is 6.42 Å². The summed E-state index contributed by atoms with van der Waals surface area (Å²) in [6, 6.07) is 13.8. The normalized spacial score (nSPS) is 12.3. The van der Waals surface area contributed by atoms with Gasteiger partial charge in [-0.2, -0.15) is 0 Å². The zero-order valence-electron chi connectivity index (χ0n) is 12.6. The van der Waals surface area contributed by atoms with Crippen molar-refractivity contribution in [2.75, 3.05) is 19.0 Å². The third kappa shape index (κ3) is 5.45. The minimum absolute atomic E-state index is 0. The van der Waals surface area contributed by atoms with E-state index in [0.717, 1.165) is 30.6 Å². The highest BCUT2D eigenvalue weighted by Crippen LogP contribution is 2.08. The number of anilines is 1. The molecule has 0 saturated heterocycles. The van der Waals surface area contributed by atoms with Crippen molar-refractivity contribution in [3.63, 3.8) is 0 Å². The van der Waals surface area contributed by atoms with Crippen LogP contribution in [0.3, 0.4) is 0 Å². The molecule has 1 atom stereocenters. The van der Waals surface area contributed by atoms with Gasteiger partial charge < -0.3 is 11.1 Å². The van der Waals surface area contributed by atoms with E-state index < -0.39 is 6.67 Å². The second-order valence-corrected chi connectivity index (χ2v) is 5.48. The van der Waals surface area contributed by atoms with Crippen molar-refractivity contribution in [1.82, 2.24) is 5.32 Å². The van der Waals surface area contributed by atoms with Crippen molar-refractivity contribution >= 4 is 5.69 Å². The van der Waals surface area contributed by atoms with Crippen molar-refractivity contribution < 1.29 is 11.6 Å². The molecular weight excluding hydrogens is 282 g/mol. The molecular formula is C18H26F2N2. The van der Waals surface area contributed by atoms with Gasteiger partial charge in [-0.05, 0) is 61.2 Å². The topological polar surface area (TPSA) is 38.0 Å². The van der Waals surface area contributed by atoms with Gasteiger partial charge in [-0.1, -0.05) is 24.3 Å². The highest BCUT2D eigenvalue weighted by molar-refractivity contribution is 5.39. The second-order valence-electron chi connectivity index (χ2n) is 5.48. The molecule has 2 nitrogen and oxygen atoms in total. The summed E-state index contributed by atoms with van der Waals surface area (Å²) in [5, 5.41) is 3.22. The summed E-state index contributed by atoms with van der Waals surface area (Å²) >= 11 is 0.